The predicted molar refractivity (Wildman–Crippen MR) is 73.2 cm³/mol. The van der Waals surface area contributed by atoms with Crippen LogP contribution in [0.15, 0.2) is 54.9 Å². The van der Waals surface area contributed by atoms with E-state index >= 15 is 0 Å². The van der Waals surface area contributed by atoms with Crippen LogP contribution in [-0.4, -0.2) is 13.7 Å². The van der Waals surface area contributed by atoms with Gasteiger partial charge < -0.3 is 28.7 Å². The smallest absolute Gasteiger partial charge is 0.169 e. The number of ether oxygens (including phenoxy) is 1. The molecule has 0 radical (unpaired) electrons. The van der Waals surface area contributed by atoms with Gasteiger partial charge in [-0.1, -0.05) is 30.3 Å². The molecule has 0 spiro atoms. The van der Waals surface area contributed by atoms with Gasteiger partial charge in [-0.25, -0.2) is 4.57 Å². The molecule has 1 aromatic carbocycles. The minimum Gasteiger partial charge on any atom is -1.00 e. The number of unbranched alkanes of at least 4 members (excludes halogenated alkanes) is 1. The van der Waals surface area contributed by atoms with Crippen LogP contribution in [-0.2, 0) is 11.3 Å². The topological polar surface area (TPSA) is 13.1 Å². The molecule has 3 heteroatoms. The van der Waals surface area contributed by atoms with Gasteiger partial charge in [0.25, 0.3) is 0 Å². The molecule has 0 unspecified atom stereocenters. The fraction of sp³-hybridized carbons (Fsp3) is 0.312. The number of hydrogen-bond acceptors (Lipinski definition) is 1. The maximum atomic E-state index is 5.05. The highest BCUT2D eigenvalue weighted by Gasteiger charge is 2.02. The monoisotopic (exact) mass is 369 g/mol. The molecule has 1 aromatic heterocycles. The van der Waals surface area contributed by atoms with E-state index in [1.54, 1.807) is 7.11 Å². The Morgan fingerprint density at radius 3 is 2.16 bits per heavy atom. The molecule has 0 saturated carbocycles. The van der Waals surface area contributed by atoms with Gasteiger partial charge in [0.05, 0.1) is 0 Å². The Hall–Kier alpha value is -0.940. The van der Waals surface area contributed by atoms with Crippen LogP contribution in [0, 0.1) is 0 Å². The molecule has 0 amide bonds. The van der Waals surface area contributed by atoms with Crippen molar-refractivity contribution in [3.05, 3.63) is 54.9 Å². The van der Waals surface area contributed by atoms with E-state index in [4.69, 9.17) is 4.74 Å². The Bertz CT molecular complexity index is 456. The normalized spacial score (nSPS) is 9.95. The Balaban J connectivity index is 0.00000180. The lowest BCUT2D eigenvalue weighted by molar-refractivity contribution is -0.697. The molecule has 1 heterocycles. The van der Waals surface area contributed by atoms with Crippen molar-refractivity contribution >= 4 is 0 Å². The van der Waals surface area contributed by atoms with E-state index in [2.05, 4.69) is 53.4 Å². The van der Waals surface area contributed by atoms with Crippen molar-refractivity contribution in [3.8, 4) is 11.1 Å². The maximum absolute atomic E-state index is 5.05. The van der Waals surface area contributed by atoms with Gasteiger partial charge in [0.2, 0.25) is 0 Å². The van der Waals surface area contributed by atoms with Gasteiger partial charge in [0.1, 0.15) is 6.54 Å². The van der Waals surface area contributed by atoms with Crippen LogP contribution in [0.3, 0.4) is 0 Å². The van der Waals surface area contributed by atoms with Gasteiger partial charge in [0, 0.05) is 32.3 Å². The fourth-order valence-electron chi connectivity index (χ4n) is 1.97. The summed E-state index contributed by atoms with van der Waals surface area (Å²) >= 11 is 0. The summed E-state index contributed by atoms with van der Waals surface area (Å²) in [5.74, 6) is 0. The van der Waals surface area contributed by atoms with Crippen LogP contribution in [0.5, 0.6) is 0 Å². The summed E-state index contributed by atoms with van der Waals surface area (Å²) in [6, 6.07) is 14.8. The van der Waals surface area contributed by atoms with Gasteiger partial charge in [-0.15, -0.1) is 0 Å². The highest BCUT2D eigenvalue weighted by atomic mass is 127. The van der Waals surface area contributed by atoms with Crippen molar-refractivity contribution in [2.75, 3.05) is 13.7 Å². The average molecular weight is 369 g/mol. The van der Waals surface area contributed by atoms with Crippen LogP contribution in [0.2, 0.25) is 0 Å². The fourth-order valence-corrected chi connectivity index (χ4v) is 1.97. The van der Waals surface area contributed by atoms with Crippen molar-refractivity contribution in [2.45, 2.75) is 19.4 Å². The van der Waals surface area contributed by atoms with Gasteiger partial charge in [-0.3, -0.25) is 0 Å². The summed E-state index contributed by atoms with van der Waals surface area (Å²) in [6.07, 6.45) is 6.57. The quantitative estimate of drug-likeness (QED) is 0.399. The van der Waals surface area contributed by atoms with Crippen molar-refractivity contribution < 1.29 is 33.3 Å². The van der Waals surface area contributed by atoms with E-state index in [0.717, 1.165) is 26.0 Å². The van der Waals surface area contributed by atoms with E-state index in [9.17, 15) is 0 Å². The van der Waals surface area contributed by atoms with Gasteiger partial charge in [-0.2, -0.15) is 0 Å². The van der Waals surface area contributed by atoms with E-state index in [1.165, 1.54) is 11.1 Å². The van der Waals surface area contributed by atoms with E-state index in [-0.39, 0.29) is 24.0 Å². The molecule has 0 aliphatic carbocycles. The summed E-state index contributed by atoms with van der Waals surface area (Å²) in [4.78, 5) is 0. The summed E-state index contributed by atoms with van der Waals surface area (Å²) in [7, 11) is 1.75. The number of benzene rings is 1. The van der Waals surface area contributed by atoms with Gasteiger partial charge in [-0.05, 0) is 17.5 Å². The second-order valence-corrected chi connectivity index (χ2v) is 4.39. The Labute approximate surface area is 132 Å². The number of nitrogens with zero attached hydrogens (tertiary/aromatic N) is 1. The average Bonchev–Trinajstić information content (AvgIpc) is 2.45. The summed E-state index contributed by atoms with van der Waals surface area (Å²) in [5.41, 5.74) is 2.53. The Kier molecular flexibility index (Phi) is 7.67. The van der Waals surface area contributed by atoms with Crippen LogP contribution in [0.4, 0.5) is 0 Å². The highest BCUT2D eigenvalue weighted by Crippen LogP contribution is 2.16. The third kappa shape index (κ3) is 5.28. The first-order chi connectivity index (χ1) is 8.90. The standard InChI is InChI=1S/C16H20NO.HI/c1-18-14-6-5-11-17-12-9-16(10-13-17)15-7-3-2-4-8-15;/h2-4,7-10,12-13H,5-6,11,14H2,1H3;1H/q+1;/p-1. The zero-order valence-corrected chi connectivity index (χ0v) is 13.4. The first kappa shape index (κ1) is 16.1. The minimum absolute atomic E-state index is 0. The molecule has 0 aliphatic heterocycles. The second-order valence-electron chi connectivity index (χ2n) is 4.39. The lowest BCUT2D eigenvalue weighted by Crippen LogP contribution is -3.00. The van der Waals surface area contributed by atoms with Crippen LogP contribution in [0.25, 0.3) is 11.1 Å². The molecule has 0 bridgehead atoms. The number of aryl methyl sites for hydroxylation is 1. The summed E-state index contributed by atoms with van der Waals surface area (Å²) in [6.45, 7) is 1.90. The van der Waals surface area contributed by atoms with Crippen LogP contribution < -0.4 is 28.5 Å². The third-order valence-corrected chi connectivity index (χ3v) is 3.01. The molecule has 0 atom stereocenters. The van der Waals surface area contributed by atoms with Crippen molar-refractivity contribution in [1.82, 2.24) is 0 Å². The Morgan fingerprint density at radius 1 is 0.895 bits per heavy atom. The van der Waals surface area contributed by atoms with Gasteiger partial charge >= 0.3 is 0 Å². The third-order valence-electron chi connectivity index (χ3n) is 3.01. The lowest BCUT2D eigenvalue weighted by Gasteiger charge is -2.01. The summed E-state index contributed by atoms with van der Waals surface area (Å²) < 4.78 is 7.27. The predicted octanol–water partition coefficient (Wildman–Crippen LogP) is 0.0717. The van der Waals surface area contributed by atoms with Crippen molar-refractivity contribution in [2.24, 2.45) is 0 Å². The molecule has 0 fully saturated rings. The largest absolute Gasteiger partial charge is 1.00 e. The molecular formula is C16H20INO. The number of aromatic nitrogens is 1. The minimum atomic E-state index is 0. The first-order valence-corrected chi connectivity index (χ1v) is 6.43. The number of hydrogen-bond donors (Lipinski definition) is 0. The molecule has 2 aromatic rings. The Morgan fingerprint density at radius 2 is 1.53 bits per heavy atom. The molecule has 2 nitrogen and oxygen atoms in total. The number of halogens is 1. The molecule has 0 aliphatic rings. The zero-order valence-electron chi connectivity index (χ0n) is 11.3. The van der Waals surface area contributed by atoms with Gasteiger partial charge in [0.15, 0.2) is 12.4 Å². The number of methoxy groups -OCH3 is 1. The van der Waals surface area contributed by atoms with Crippen LogP contribution >= 0.6 is 0 Å². The molecule has 2 rings (SSSR count). The lowest BCUT2D eigenvalue weighted by atomic mass is 10.1. The van der Waals surface area contributed by atoms with E-state index in [0.29, 0.717) is 0 Å². The summed E-state index contributed by atoms with van der Waals surface area (Å²) in [5, 5.41) is 0. The molecule has 0 saturated heterocycles. The van der Waals surface area contributed by atoms with E-state index < -0.39 is 0 Å². The van der Waals surface area contributed by atoms with E-state index in [1.807, 2.05) is 6.07 Å². The second kappa shape index (κ2) is 9.04. The van der Waals surface area contributed by atoms with Crippen molar-refractivity contribution in [3.63, 3.8) is 0 Å². The maximum Gasteiger partial charge on any atom is 0.169 e. The molecule has 102 valence electrons. The molecule has 19 heavy (non-hydrogen) atoms. The number of pyridine rings is 1. The van der Waals surface area contributed by atoms with Crippen molar-refractivity contribution in [1.29, 1.82) is 0 Å². The molecule has 0 N–H and O–H groups in total. The highest BCUT2D eigenvalue weighted by molar-refractivity contribution is 5.61. The SMILES string of the molecule is COCCCC[n+]1ccc(-c2ccccc2)cc1.[I-]. The zero-order chi connectivity index (χ0) is 12.6. The molecular weight excluding hydrogens is 349 g/mol. The van der Waals surface area contributed by atoms with Crippen LogP contribution in [0.1, 0.15) is 12.8 Å². The first-order valence-electron chi connectivity index (χ1n) is 6.43. The number of rotatable bonds is 6.